The van der Waals surface area contributed by atoms with E-state index in [-0.39, 0.29) is 45.5 Å². The molecule has 0 aromatic rings. The Labute approximate surface area is 186 Å². The van der Waals surface area contributed by atoms with E-state index in [1.807, 2.05) is 0 Å². The largest absolute Gasteiger partial charge is 2.00 e. The van der Waals surface area contributed by atoms with Gasteiger partial charge in [0.25, 0.3) is 0 Å². The van der Waals surface area contributed by atoms with Crippen LogP contribution in [0.5, 0.6) is 0 Å². The van der Waals surface area contributed by atoms with Gasteiger partial charge in [0.05, 0.1) is 37.6 Å². The number of carboxylic acids is 6. The summed E-state index contributed by atoms with van der Waals surface area (Å²) < 4.78 is 0. The topological polar surface area (TPSA) is 270 Å². The Morgan fingerprint density at radius 1 is 0.556 bits per heavy atom. The molecule has 0 aliphatic rings. The predicted octanol–water partition coefficient (Wildman–Crippen LogP) is -5.55. The molecule has 0 aromatic carbocycles. The van der Waals surface area contributed by atoms with Crippen molar-refractivity contribution < 1.29 is 69.6 Å². The molecule has 0 unspecified atom stereocenters. The molecule has 0 rings (SSSR count). The van der Waals surface area contributed by atoms with E-state index in [9.17, 15) is 39.0 Å². The van der Waals surface area contributed by atoms with Gasteiger partial charge in [-0.3, -0.25) is 19.2 Å². The molecule has 0 saturated carbocycles. The van der Waals surface area contributed by atoms with Crippen molar-refractivity contribution >= 4 is 81.3 Å². The first kappa shape index (κ1) is 30.0. The number of carboxylic acid groups (broad SMARTS) is 6. The molecule has 0 aliphatic heterocycles. The average molecular weight is 470 g/mol. The number of rotatable bonds is 10. The molecular formula is C12H14O14Sr. The summed E-state index contributed by atoms with van der Waals surface area (Å²) in [6.07, 6.45) is -4.83. The monoisotopic (exact) mass is 470 g/mol. The van der Waals surface area contributed by atoms with E-state index in [0.717, 1.165) is 0 Å². The summed E-state index contributed by atoms with van der Waals surface area (Å²) in [6, 6.07) is 0. The number of carbonyl (C=O) groups excluding carboxylic acids is 2. The van der Waals surface area contributed by atoms with Crippen LogP contribution in [0.1, 0.15) is 25.7 Å². The Bertz CT molecular complexity index is 513. The van der Waals surface area contributed by atoms with E-state index >= 15 is 0 Å². The van der Waals surface area contributed by atoms with Crippen LogP contribution in [0.3, 0.4) is 0 Å². The van der Waals surface area contributed by atoms with Crippen molar-refractivity contribution in [3.63, 3.8) is 0 Å². The van der Waals surface area contributed by atoms with Gasteiger partial charge >= 0.3 is 69.4 Å². The molecule has 148 valence electrons. The van der Waals surface area contributed by atoms with Crippen LogP contribution in [-0.4, -0.2) is 123 Å². The molecule has 0 amide bonds. The van der Waals surface area contributed by atoms with Crippen molar-refractivity contribution in [2.45, 2.75) is 36.9 Å². The summed E-state index contributed by atoms with van der Waals surface area (Å²) in [5, 5.41) is 71.1. The van der Waals surface area contributed by atoms with E-state index in [4.69, 9.17) is 30.6 Å². The van der Waals surface area contributed by atoms with Crippen LogP contribution in [0.15, 0.2) is 0 Å². The summed E-state index contributed by atoms with van der Waals surface area (Å²) in [5.74, 6) is -10.7. The third kappa shape index (κ3) is 13.1. The maximum absolute atomic E-state index is 10.2. The fourth-order valence-electron chi connectivity index (χ4n) is 1.41. The number of hydrogen-bond donors (Lipinski definition) is 6. The quantitative estimate of drug-likeness (QED) is 0.163. The molecule has 0 spiro atoms. The Morgan fingerprint density at radius 3 is 0.778 bits per heavy atom. The van der Waals surface area contributed by atoms with Gasteiger partial charge in [-0.1, -0.05) is 0 Å². The maximum atomic E-state index is 10.2. The van der Waals surface area contributed by atoms with Crippen molar-refractivity contribution in [2.24, 2.45) is 0 Å². The Balaban J connectivity index is -0.000000411. The van der Waals surface area contributed by atoms with Crippen LogP contribution in [0.25, 0.3) is 0 Å². The first-order valence-electron chi connectivity index (χ1n) is 6.30. The molecular weight excluding hydrogens is 456 g/mol. The van der Waals surface area contributed by atoms with E-state index < -0.39 is 72.7 Å². The Hall–Kier alpha value is -1.78. The summed E-state index contributed by atoms with van der Waals surface area (Å²) >= 11 is 0. The minimum absolute atomic E-state index is 0. The normalized spacial score (nSPS) is 10.4. The van der Waals surface area contributed by atoms with Crippen LogP contribution in [0.2, 0.25) is 0 Å². The second-order valence-electron chi connectivity index (χ2n) is 4.92. The summed E-state index contributed by atoms with van der Waals surface area (Å²) in [6.45, 7) is 0. The minimum Gasteiger partial charge on any atom is -0.547 e. The van der Waals surface area contributed by atoms with Gasteiger partial charge in [-0.25, -0.2) is 0 Å². The average Bonchev–Trinajstić information content (AvgIpc) is 2.34. The molecule has 15 heteroatoms. The van der Waals surface area contributed by atoms with E-state index in [1.54, 1.807) is 0 Å². The van der Waals surface area contributed by atoms with E-state index in [0.29, 0.717) is 0 Å². The van der Waals surface area contributed by atoms with Gasteiger partial charge in [-0.15, -0.1) is 0 Å². The summed E-state index contributed by atoms with van der Waals surface area (Å²) in [4.78, 5) is 60.6. The molecule has 0 bridgehead atoms. The zero-order valence-corrected chi connectivity index (χ0v) is 17.0. The summed E-state index contributed by atoms with van der Waals surface area (Å²) in [5.41, 5.74) is -5.70. The SMILES string of the molecule is O=C(O)CC(O)(CC(=O)O)C(=O)[O-].O=C(O)CC(O)(CC(=O)O)C(=O)[O-].[Sr+2]. The molecule has 0 atom stereocenters. The Morgan fingerprint density at radius 2 is 0.704 bits per heavy atom. The van der Waals surface area contributed by atoms with Gasteiger partial charge in [-0.2, -0.15) is 0 Å². The third-order valence-corrected chi connectivity index (χ3v) is 2.53. The fraction of sp³-hybridized carbons (Fsp3) is 0.500. The van der Waals surface area contributed by atoms with Crippen molar-refractivity contribution in [1.29, 1.82) is 0 Å². The van der Waals surface area contributed by atoms with Crippen LogP contribution in [-0.2, 0) is 28.8 Å². The zero-order chi connectivity index (χ0) is 21.3. The third-order valence-electron chi connectivity index (χ3n) is 2.53. The van der Waals surface area contributed by atoms with Gasteiger partial charge in [-0.05, 0) is 0 Å². The number of aliphatic hydroxyl groups is 2. The van der Waals surface area contributed by atoms with Gasteiger partial charge in [0.15, 0.2) is 0 Å². The standard InChI is InChI=1S/2C6H8O7.Sr/c2*7-3(8)1-6(13,5(11)12)2-4(9)10;/h2*13H,1-2H2,(H,7,8)(H,9,10)(H,11,12);/q;;+2/p-2. The second-order valence-corrected chi connectivity index (χ2v) is 4.92. The molecule has 27 heavy (non-hydrogen) atoms. The number of carbonyl (C=O) groups is 6. The smallest absolute Gasteiger partial charge is 0.547 e. The second kappa shape index (κ2) is 12.6. The van der Waals surface area contributed by atoms with Crippen molar-refractivity contribution in [2.75, 3.05) is 0 Å². The van der Waals surface area contributed by atoms with Gasteiger partial charge in [0, 0.05) is 0 Å². The number of aliphatic carboxylic acids is 6. The van der Waals surface area contributed by atoms with Crippen LogP contribution >= 0.6 is 0 Å². The number of hydrogen-bond acceptors (Lipinski definition) is 10. The molecule has 14 nitrogen and oxygen atoms in total. The van der Waals surface area contributed by atoms with Gasteiger partial charge in [0.1, 0.15) is 11.2 Å². The van der Waals surface area contributed by atoms with E-state index in [1.165, 1.54) is 0 Å². The fourth-order valence-corrected chi connectivity index (χ4v) is 1.41. The van der Waals surface area contributed by atoms with Gasteiger partial charge in [0.2, 0.25) is 0 Å². The molecule has 0 aliphatic carbocycles. The van der Waals surface area contributed by atoms with Crippen LogP contribution in [0, 0.1) is 0 Å². The molecule has 6 N–H and O–H groups in total. The summed E-state index contributed by atoms with van der Waals surface area (Å²) in [7, 11) is 0. The maximum Gasteiger partial charge on any atom is 2.00 e. The zero-order valence-electron chi connectivity index (χ0n) is 13.5. The molecule has 0 saturated heterocycles. The van der Waals surface area contributed by atoms with E-state index in [2.05, 4.69) is 0 Å². The Kier molecular flexibility index (Phi) is 14.0. The van der Waals surface area contributed by atoms with Gasteiger partial charge < -0.3 is 50.4 Å². The first-order valence-corrected chi connectivity index (χ1v) is 6.30. The van der Waals surface area contributed by atoms with Crippen LogP contribution in [0.4, 0.5) is 0 Å². The van der Waals surface area contributed by atoms with Crippen molar-refractivity contribution in [1.82, 2.24) is 0 Å². The minimum atomic E-state index is -2.85. The van der Waals surface area contributed by atoms with Crippen LogP contribution < -0.4 is 10.2 Å². The van der Waals surface area contributed by atoms with Crippen molar-refractivity contribution in [3.05, 3.63) is 0 Å². The van der Waals surface area contributed by atoms with Crippen molar-refractivity contribution in [3.8, 4) is 0 Å². The predicted molar refractivity (Wildman–Crippen MR) is 74.7 cm³/mol. The molecule has 0 radical (unpaired) electrons. The molecule has 0 fully saturated rings. The molecule has 0 heterocycles. The molecule has 0 aromatic heterocycles. The first-order chi connectivity index (χ1) is 11.6.